The lowest BCUT2D eigenvalue weighted by atomic mass is 10.1. The van der Waals surface area contributed by atoms with Gasteiger partial charge in [0, 0.05) is 48.4 Å². The van der Waals surface area contributed by atoms with E-state index in [9.17, 15) is 9.59 Å². The summed E-state index contributed by atoms with van der Waals surface area (Å²) in [5.41, 5.74) is 5.86. The predicted molar refractivity (Wildman–Crippen MR) is 141 cm³/mol. The fourth-order valence-electron chi connectivity index (χ4n) is 4.70. The highest BCUT2D eigenvalue weighted by molar-refractivity contribution is 7.98. The monoisotopic (exact) mass is 487 g/mol. The summed E-state index contributed by atoms with van der Waals surface area (Å²) < 4.78 is 6.04. The van der Waals surface area contributed by atoms with E-state index in [2.05, 4.69) is 34.5 Å². The molecule has 0 radical (unpaired) electrons. The number of fused-ring (bicyclic) bond motifs is 2. The Balaban J connectivity index is 1.35. The van der Waals surface area contributed by atoms with Crippen LogP contribution in [0.25, 0.3) is 0 Å². The second-order valence-corrected chi connectivity index (χ2v) is 9.68. The van der Waals surface area contributed by atoms with Crippen LogP contribution < -0.4 is 19.9 Å². The van der Waals surface area contributed by atoms with Crippen molar-refractivity contribution in [1.82, 2.24) is 5.32 Å². The Morgan fingerprint density at radius 2 is 1.80 bits per heavy atom. The molecule has 7 heteroatoms. The first-order valence-electron chi connectivity index (χ1n) is 11.9. The Morgan fingerprint density at radius 3 is 2.57 bits per heavy atom. The number of carbonyl (C=O) groups is 2. The minimum atomic E-state index is -0.122. The highest BCUT2D eigenvalue weighted by atomic mass is 32.2. The van der Waals surface area contributed by atoms with Crippen LogP contribution in [0.5, 0.6) is 5.75 Å². The van der Waals surface area contributed by atoms with Gasteiger partial charge in [0.1, 0.15) is 5.75 Å². The maximum absolute atomic E-state index is 12.9. The third kappa shape index (κ3) is 4.86. The highest BCUT2D eigenvalue weighted by Gasteiger charge is 2.25. The van der Waals surface area contributed by atoms with E-state index in [-0.39, 0.29) is 11.8 Å². The van der Waals surface area contributed by atoms with Crippen LogP contribution in [-0.4, -0.2) is 37.8 Å². The predicted octanol–water partition coefficient (Wildman–Crippen LogP) is 5.17. The van der Waals surface area contributed by atoms with E-state index in [1.807, 2.05) is 47.6 Å². The van der Waals surface area contributed by atoms with E-state index < -0.39 is 0 Å². The number of carbonyl (C=O) groups excluding carboxylic acids is 2. The van der Waals surface area contributed by atoms with Crippen molar-refractivity contribution in [2.75, 3.05) is 35.8 Å². The maximum Gasteiger partial charge on any atom is 0.251 e. The number of anilines is 3. The van der Waals surface area contributed by atoms with Crippen LogP contribution >= 0.6 is 11.8 Å². The first-order chi connectivity index (χ1) is 17.0. The van der Waals surface area contributed by atoms with E-state index in [1.165, 1.54) is 10.5 Å². The summed E-state index contributed by atoms with van der Waals surface area (Å²) in [4.78, 5) is 30.1. The third-order valence-electron chi connectivity index (χ3n) is 6.56. The number of hydrogen-bond donors (Lipinski definition) is 1. The number of hydrogen-bond acceptors (Lipinski definition) is 5. The Kier molecular flexibility index (Phi) is 6.68. The smallest absolute Gasteiger partial charge is 0.251 e. The average Bonchev–Trinajstić information content (AvgIpc) is 3.20. The van der Waals surface area contributed by atoms with Gasteiger partial charge in [0.05, 0.1) is 12.3 Å². The standard InChI is InChI=1S/C28H29N3O3S/c1-19(32)30-14-12-21-16-23(7-11-25(21)30)31-13-3-15-34-27-17-22(6-10-26(27)31)28(33)29-18-20-4-8-24(35-2)9-5-20/h4-11,16-17H,3,12-15,18H2,1-2H3,(H,29,33). The summed E-state index contributed by atoms with van der Waals surface area (Å²) in [6.45, 7) is 4.23. The second-order valence-electron chi connectivity index (χ2n) is 8.80. The summed E-state index contributed by atoms with van der Waals surface area (Å²) in [5.74, 6) is 0.668. The molecule has 2 amide bonds. The van der Waals surface area contributed by atoms with Gasteiger partial charge in [-0.15, -0.1) is 11.8 Å². The summed E-state index contributed by atoms with van der Waals surface area (Å²) in [6, 6.07) is 20.2. The fourth-order valence-corrected chi connectivity index (χ4v) is 5.11. The summed E-state index contributed by atoms with van der Waals surface area (Å²) >= 11 is 1.70. The number of nitrogens with zero attached hydrogens (tertiary/aromatic N) is 2. The largest absolute Gasteiger partial charge is 0.491 e. The van der Waals surface area contributed by atoms with Crippen LogP contribution in [0, 0.1) is 0 Å². The normalized spacial score (nSPS) is 14.6. The first-order valence-corrected chi connectivity index (χ1v) is 13.1. The van der Waals surface area contributed by atoms with Gasteiger partial charge in [0.15, 0.2) is 0 Å². The van der Waals surface area contributed by atoms with Gasteiger partial charge in [-0.1, -0.05) is 12.1 Å². The Hall–Kier alpha value is -3.45. The molecule has 0 aromatic heterocycles. The van der Waals surface area contributed by atoms with E-state index in [1.54, 1.807) is 18.7 Å². The van der Waals surface area contributed by atoms with E-state index in [0.717, 1.165) is 48.6 Å². The molecule has 0 aliphatic carbocycles. The van der Waals surface area contributed by atoms with Crippen LogP contribution in [0.3, 0.4) is 0 Å². The van der Waals surface area contributed by atoms with E-state index >= 15 is 0 Å². The molecule has 0 bridgehead atoms. The van der Waals surface area contributed by atoms with Crippen molar-refractivity contribution in [2.24, 2.45) is 0 Å². The van der Waals surface area contributed by atoms with Gasteiger partial charge in [0.25, 0.3) is 5.91 Å². The number of amides is 2. The summed E-state index contributed by atoms with van der Waals surface area (Å²) in [6.07, 6.45) is 3.78. The van der Waals surface area contributed by atoms with Crippen molar-refractivity contribution in [1.29, 1.82) is 0 Å². The zero-order valence-corrected chi connectivity index (χ0v) is 20.9. The van der Waals surface area contributed by atoms with Crippen molar-refractivity contribution < 1.29 is 14.3 Å². The van der Waals surface area contributed by atoms with Crippen LogP contribution in [-0.2, 0) is 17.8 Å². The van der Waals surface area contributed by atoms with Gasteiger partial charge in [0.2, 0.25) is 5.91 Å². The molecule has 0 fully saturated rings. The fraction of sp³-hybridized carbons (Fsp3) is 0.286. The number of ether oxygens (including phenoxy) is 1. The third-order valence-corrected chi connectivity index (χ3v) is 7.30. The number of benzene rings is 3. The highest BCUT2D eigenvalue weighted by Crippen LogP contribution is 2.39. The molecular formula is C28H29N3O3S. The zero-order valence-electron chi connectivity index (χ0n) is 20.0. The van der Waals surface area contributed by atoms with Crippen molar-refractivity contribution >= 4 is 40.6 Å². The lowest BCUT2D eigenvalue weighted by molar-refractivity contribution is -0.116. The van der Waals surface area contributed by atoms with Gasteiger partial charge in [-0.25, -0.2) is 0 Å². The van der Waals surface area contributed by atoms with Crippen molar-refractivity contribution in [3.05, 3.63) is 77.4 Å². The number of rotatable bonds is 5. The molecule has 180 valence electrons. The molecular weight excluding hydrogens is 458 g/mol. The van der Waals surface area contributed by atoms with Crippen LogP contribution in [0.15, 0.2) is 65.6 Å². The molecule has 35 heavy (non-hydrogen) atoms. The lowest BCUT2D eigenvalue weighted by Gasteiger charge is -2.25. The number of thioether (sulfide) groups is 1. The Bertz CT molecular complexity index is 1260. The SMILES string of the molecule is CSc1ccc(CNC(=O)c2ccc3c(c2)OCCCN3c2ccc3c(c2)CCN3C(C)=O)cc1. The van der Waals surface area contributed by atoms with Gasteiger partial charge >= 0.3 is 0 Å². The molecule has 0 atom stereocenters. The Labute approximate surface area is 210 Å². The average molecular weight is 488 g/mol. The molecule has 0 unspecified atom stereocenters. The topological polar surface area (TPSA) is 61.9 Å². The Morgan fingerprint density at radius 1 is 1.00 bits per heavy atom. The second kappa shape index (κ2) is 10.0. The molecule has 1 N–H and O–H groups in total. The molecule has 3 aromatic carbocycles. The van der Waals surface area contributed by atoms with Gasteiger partial charge in [-0.05, 0) is 78.8 Å². The first kappa shape index (κ1) is 23.3. The van der Waals surface area contributed by atoms with E-state index in [4.69, 9.17) is 4.74 Å². The molecule has 3 aromatic rings. The molecule has 0 saturated carbocycles. The molecule has 2 aliphatic heterocycles. The van der Waals surface area contributed by atoms with E-state index in [0.29, 0.717) is 24.5 Å². The maximum atomic E-state index is 12.9. The lowest BCUT2D eigenvalue weighted by Crippen LogP contribution is -2.25. The number of nitrogens with one attached hydrogen (secondary N) is 1. The summed E-state index contributed by atoms with van der Waals surface area (Å²) in [7, 11) is 0. The zero-order chi connectivity index (χ0) is 24.4. The minimum Gasteiger partial charge on any atom is -0.491 e. The van der Waals surface area contributed by atoms with Gasteiger partial charge in [-0.2, -0.15) is 0 Å². The molecule has 0 spiro atoms. The molecule has 2 heterocycles. The van der Waals surface area contributed by atoms with Crippen LogP contribution in [0.4, 0.5) is 17.1 Å². The molecule has 0 saturated heterocycles. The molecule has 5 rings (SSSR count). The van der Waals surface area contributed by atoms with Crippen molar-refractivity contribution in [3.63, 3.8) is 0 Å². The van der Waals surface area contributed by atoms with Gasteiger partial charge < -0.3 is 19.9 Å². The van der Waals surface area contributed by atoms with Crippen molar-refractivity contribution in [2.45, 2.75) is 31.2 Å². The quantitative estimate of drug-likeness (QED) is 0.503. The van der Waals surface area contributed by atoms with Crippen molar-refractivity contribution in [3.8, 4) is 5.75 Å². The van der Waals surface area contributed by atoms with Crippen LogP contribution in [0.2, 0.25) is 0 Å². The van der Waals surface area contributed by atoms with Gasteiger partial charge in [-0.3, -0.25) is 9.59 Å². The van der Waals surface area contributed by atoms with Crippen LogP contribution in [0.1, 0.15) is 34.8 Å². The summed E-state index contributed by atoms with van der Waals surface area (Å²) in [5, 5.41) is 3.01. The molecule has 6 nitrogen and oxygen atoms in total. The minimum absolute atomic E-state index is 0.0767. The molecule has 2 aliphatic rings.